The molecule has 2 heterocycles. The Labute approximate surface area is 145 Å². The molecule has 0 aliphatic heterocycles. The topological polar surface area (TPSA) is 68.8 Å². The Hall–Kier alpha value is -3.41. The third-order valence-corrected chi connectivity index (χ3v) is 3.93. The van der Waals surface area contributed by atoms with Gasteiger partial charge in [0, 0.05) is 18.0 Å². The maximum Gasteiger partial charge on any atom is 0.264 e. The van der Waals surface area contributed by atoms with Crippen LogP contribution in [0, 0.1) is 0 Å². The Balaban J connectivity index is 1.52. The van der Waals surface area contributed by atoms with E-state index in [9.17, 15) is 0 Å². The Morgan fingerprint density at radius 3 is 2.72 bits per heavy atom. The third kappa shape index (κ3) is 3.28. The molecule has 4 aromatic rings. The van der Waals surface area contributed by atoms with Crippen LogP contribution in [0.2, 0.25) is 0 Å². The number of hydrogen-bond acceptors (Lipinski definition) is 5. The highest BCUT2D eigenvalue weighted by Gasteiger charge is 2.12. The van der Waals surface area contributed by atoms with E-state index in [-0.39, 0.29) is 6.04 Å². The molecule has 6 nitrogen and oxygen atoms in total. The lowest BCUT2D eigenvalue weighted by molar-refractivity contribution is 0.431. The lowest BCUT2D eigenvalue weighted by Gasteiger charge is -2.13. The van der Waals surface area contributed by atoms with Crippen molar-refractivity contribution in [3.63, 3.8) is 0 Å². The quantitative estimate of drug-likeness (QED) is 0.596. The molecule has 0 fully saturated rings. The molecule has 2 aromatic heterocycles. The molecule has 25 heavy (non-hydrogen) atoms. The zero-order chi connectivity index (χ0) is 17.1. The van der Waals surface area contributed by atoms with Gasteiger partial charge >= 0.3 is 0 Å². The van der Waals surface area contributed by atoms with E-state index < -0.39 is 0 Å². The molecular formula is C19H17N5O. The molecule has 6 heteroatoms. The van der Waals surface area contributed by atoms with Gasteiger partial charge < -0.3 is 9.84 Å². The second-order valence-electron chi connectivity index (χ2n) is 5.70. The van der Waals surface area contributed by atoms with Crippen LogP contribution in [0.3, 0.4) is 0 Å². The van der Waals surface area contributed by atoms with Crippen LogP contribution >= 0.6 is 0 Å². The Morgan fingerprint density at radius 1 is 1.04 bits per heavy atom. The minimum Gasteiger partial charge on any atom is -0.345 e. The lowest BCUT2D eigenvalue weighted by Crippen LogP contribution is -2.08. The van der Waals surface area contributed by atoms with E-state index in [1.165, 1.54) is 0 Å². The van der Waals surface area contributed by atoms with Crippen molar-refractivity contribution in [2.45, 2.75) is 13.0 Å². The molecule has 0 saturated heterocycles. The van der Waals surface area contributed by atoms with E-state index >= 15 is 0 Å². The second kappa shape index (κ2) is 6.60. The van der Waals surface area contributed by atoms with Crippen LogP contribution in [0.5, 0.6) is 0 Å². The predicted molar refractivity (Wildman–Crippen MR) is 95.3 cm³/mol. The molecule has 0 radical (unpaired) electrons. The normalized spacial score (nSPS) is 12.0. The van der Waals surface area contributed by atoms with Crippen LogP contribution in [0.1, 0.15) is 18.5 Å². The number of nitrogens with zero attached hydrogens (tertiary/aromatic N) is 4. The van der Waals surface area contributed by atoms with E-state index in [0.717, 1.165) is 16.8 Å². The summed E-state index contributed by atoms with van der Waals surface area (Å²) in [5.41, 5.74) is 3.02. The Kier molecular flexibility index (Phi) is 4.00. The lowest BCUT2D eigenvalue weighted by atomic mass is 10.1. The summed E-state index contributed by atoms with van der Waals surface area (Å²) in [6.45, 7) is 2.06. The monoisotopic (exact) mass is 331 g/mol. The van der Waals surface area contributed by atoms with E-state index in [1.54, 1.807) is 6.20 Å². The standard InChI is InChI=1S/C19H17N5O/c1-14(16-9-5-10-17(13-16)24-12-6-11-20-24)21-19-22-18(25-23-19)15-7-3-2-4-8-15/h2-14H,1H3,(H,21,23). The van der Waals surface area contributed by atoms with E-state index in [4.69, 9.17) is 4.52 Å². The molecule has 1 unspecified atom stereocenters. The summed E-state index contributed by atoms with van der Waals surface area (Å²) in [6.07, 6.45) is 3.68. The molecule has 0 amide bonds. The number of nitrogens with one attached hydrogen (secondary N) is 1. The maximum atomic E-state index is 5.33. The number of rotatable bonds is 5. The Bertz CT molecular complexity index is 947. The fourth-order valence-electron chi connectivity index (χ4n) is 2.62. The van der Waals surface area contributed by atoms with Crippen LogP contribution in [0.15, 0.2) is 77.6 Å². The molecule has 1 atom stereocenters. The van der Waals surface area contributed by atoms with Gasteiger partial charge in [-0.25, -0.2) is 4.68 Å². The van der Waals surface area contributed by atoms with Crippen molar-refractivity contribution in [1.82, 2.24) is 19.9 Å². The van der Waals surface area contributed by atoms with Crippen LogP contribution in [-0.4, -0.2) is 19.9 Å². The first-order valence-electron chi connectivity index (χ1n) is 8.05. The molecule has 0 saturated carbocycles. The van der Waals surface area contributed by atoms with Gasteiger partial charge in [-0.3, -0.25) is 0 Å². The highest BCUT2D eigenvalue weighted by Crippen LogP contribution is 2.22. The van der Waals surface area contributed by atoms with Gasteiger partial charge in [-0.1, -0.05) is 30.3 Å². The van der Waals surface area contributed by atoms with Crippen LogP contribution < -0.4 is 5.32 Å². The van der Waals surface area contributed by atoms with Crippen molar-refractivity contribution in [1.29, 1.82) is 0 Å². The summed E-state index contributed by atoms with van der Waals surface area (Å²) in [7, 11) is 0. The van der Waals surface area contributed by atoms with Crippen molar-refractivity contribution in [3.8, 4) is 17.1 Å². The summed E-state index contributed by atoms with van der Waals surface area (Å²) in [5.74, 6) is 0.969. The van der Waals surface area contributed by atoms with Crippen LogP contribution in [-0.2, 0) is 0 Å². The highest BCUT2D eigenvalue weighted by molar-refractivity contribution is 5.54. The zero-order valence-electron chi connectivity index (χ0n) is 13.7. The van der Waals surface area contributed by atoms with Crippen LogP contribution in [0.4, 0.5) is 5.95 Å². The molecular weight excluding hydrogens is 314 g/mol. The molecule has 2 aromatic carbocycles. The van der Waals surface area contributed by atoms with Gasteiger partial charge in [0.1, 0.15) is 0 Å². The number of anilines is 1. The number of benzene rings is 2. The van der Waals surface area contributed by atoms with Crippen LogP contribution in [0.25, 0.3) is 17.1 Å². The number of hydrogen-bond donors (Lipinski definition) is 1. The van der Waals surface area contributed by atoms with Gasteiger partial charge in [0.2, 0.25) is 0 Å². The van der Waals surface area contributed by atoms with Gasteiger partial charge in [-0.15, -0.1) is 0 Å². The first-order valence-corrected chi connectivity index (χ1v) is 8.05. The predicted octanol–water partition coefficient (Wildman–Crippen LogP) is 4.10. The first kappa shape index (κ1) is 15.1. The van der Waals surface area contributed by atoms with E-state index in [0.29, 0.717) is 11.8 Å². The van der Waals surface area contributed by atoms with Gasteiger partial charge in [0.25, 0.3) is 11.8 Å². The molecule has 1 N–H and O–H groups in total. The third-order valence-electron chi connectivity index (χ3n) is 3.93. The first-order chi connectivity index (χ1) is 12.3. The van der Waals surface area contributed by atoms with Crippen molar-refractivity contribution < 1.29 is 4.52 Å². The van der Waals surface area contributed by atoms with Gasteiger partial charge in [0.05, 0.1) is 11.7 Å². The number of aromatic nitrogens is 4. The largest absolute Gasteiger partial charge is 0.345 e. The van der Waals surface area contributed by atoms with Gasteiger partial charge in [0.15, 0.2) is 0 Å². The fourth-order valence-corrected chi connectivity index (χ4v) is 2.62. The second-order valence-corrected chi connectivity index (χ2v) is 5.70. The minimum absolute atomic E-state index is 0.0248. The van der Waals surface area contributed by atoms with E-state index in [2.05, 4.69) is 39.6 Å². The Morgan fingerprint density at radius 2 is 1.92 bits per heavy atom. The van der Waals surface area contributed by atoms with Crippen molar-refractivity contribution >= 4 is 5.95 Å². The van der Waals surface area contributed by atoms with E-state index in [1.807, 2.05) is 59.4 Å². The summed E-state index contributed by atoms with van der Waals surface area (Å²) in [5, 5.41) is 11.6. The molecule has 124 valence electrons. The average Bonchev–Trinajstić information content (AvgIpc) is 3.35. The SMILES string of the molecule is CC(Nc1noc(-c2ccccc2)n1)c1cccc(-n2cccn2)c1. The molecule has 0 aliphatic rings. The average molecular weight is 331 g/mol. The summed E-state index contributed by atoms with van der Waals surface area (Å²) < 4.78 is 7.16. The zero-order valence-corrected chi connectivity index (χ0v) is 13.7. The molecule has 0 bridgehead atoms. The minimum atomic E-state index is 0.0248. The van der Waals surface area contributed by atoms with Gasteiger partial charge in [-0.2, -0.15) is 10.1 Å². The molecule has 0 spiro atoms. The molecule has 4 rings (SSSR count). The smallest absolute Gasteiger partial charge is 0.264 e. The van der Waals surface area contributed by atoms with Crippen molar-refractivity contribution in [3.05, 3.63) is 78.6 Å². The summed E-state index contributed by atoms with van der Waals surface area (Å²) in [4.78, 5) is 4.41. The van der Waals surface area contributed by atoms with Crippen molar-refractivity contribution in [2.24, 2.45) is 0 Å². The maximum absolute atomic E-state index is 5.33. The van der Waals surface area contributed by atoms with Gasteiger partial charge in [-0.05, 0) is 48.0 Å². The summed E-state index contributed by atoms with van der Waals surface area (Å²) >= 11 is 0. The molecule has 0 aliphatic carbocycles. The van der Waals surface area contributed by atoms with Crippen molar-refractivity contribution in [2.75, 3.05) is 5.32 Å². The summed E-state index contributed by atoms with van der Waals surface area (Å²) in [6, 6.07) is 19.8. The highest BCUT2D eigenvalue weighted by atomic mass is 16.5. The fraction of sp³-hybridized carbons (Fsp3) is 0.105.